The lowest BCUT2D eigenvalue weighted by Gasteiger charge is -2.37. The second kappa shape index (κ2) is 9.02. The van der Waals surface area contributed by atoms with Crippen molar-refractivity contribution in [2.24, 2.45) is 11.7 Å². The Kier molecular flexibility index (Phi) is 6.48. The number of urea groups is 1. The van der Waals surface area contributed by atoms with Crippen LogP contribution in [0.1, 0.15) is 67.3 Å². The van der Waals surface area contributed by atoms with Gasteiger partial charge in [-0.3, -0.25) is 9.59 Å². The molecule has 1 aromatic carbocycles. The SMILES string of the molecule is NC(=O)NCc1ccc(C(=O)N2CCCCC[C@@H]2[C@@H]2CCCCC2=O)cc1. The third-order valence-electron chi connectivity index (χ3n) is 5.79. The molecule has 6 heteroatoms. The minimum absolute atomic E-state index is 0.000148. The molecule has 6 nitrogen and oxygen atoms in total. The van der Waals surface area contributed by atoms with E-state index in [9.17, 15) is 14.4 Å². The highest BCUT2D eigenvalue weighted by molar-refractivity contribution is 5.95. The first-order chi connectivity index (χ1) is 13.1. The molecule has 1 aromatic rings. The van der Waals surface area contributed by atoms with Crippen LogP contribution in [0, 0.1) is 5.92 Å². The van der Waals surface area contributed by atoms with E-state index < -0.39 is 6.03 Å². The monoisotopic (exact) mass is 371 g/mol. The Hall–Kier alpha value is -2.37. The van der Waals surface area contributed by atoms with Gasteiger partial charge in [-0.2, -0.15) is 0 Å². The van der Waals surface area contributed by atoms with Gasteiger partial charge in [-0.15, -0.1) is 0 Å². The molecule has 0 unspecified atom stereocenters. The number of nitrogens with two attached hydrogens (primary N) is 1. The molecule has 0 bridgehead atoms. The van der Waals surface area contributed by atoms with Crippen molar-refractivity contribution in [1.82, 2.24) is 10.2 Å². The number of rotatable bonds is 4. The van der Waals surface area contributed by atoms with Crippen molar-refractivity contribution in [3.63, 3.8) is 0 Å². The Labute approximate surface area is 160 Å². The van der Waals surface area contributed by atoms with Gasteiger partial charge in [0.05, 0.1) is 0 Å². The number of likely N-dealkylation sites (tertiary alicyclic amines) is 1. The third kappa shape index (κ3) is 4.87. The second-order valence-corrected chi connectivity index (χ2v) is 7.65. The van der Waals surface area contributed by atoms with Gasteiger partial charge in [-0.05, 0) is 43.4 Å². The number of ketones is 1. The summed E-state index contributed by atoms with van der Waals surface area (Å²) in [5, 5.41) is 2.54. The van der Waals surface area contributed by atoms with Crippen LogP contribution < -0.4 is 11.1 Å². The molecule has 3 rings (SSSR count). The number of amides is 3. The van der Waals surface area contributed by atoms with Crippen LogP contribution in [-0.4, -0.2) is 35.2 Å². The maximum absolute atomic E-state index is 13.2. The lowest BCUT2D eigenvalue weighted by atomic mass is 9.80. The van der Waals surface area contributed by atoms with Gasteiger partial charge in [-0.25, -0.2) is 4.79 Å². The summed E-state index contributed by atoms with van der Waals surface area (Å²) >= 11 is 0. The van der Waals surface area contributed by atoms with Crippen LogP contribution in [0.2, 0.25) is 0 Å². The van der Waals surface area contributed by atoms with Crippen LogP contribution in [0.5, 0.6) is 0 Å². The van der Waals surface area contributed by atoms with Crippen LogP contribution >= 0.6 is 0 Å². The number of hydrogen-bond acceptors (Lipinski definition) is 3. The van der Waals surface area contributed by atoms with Crippen molar-refractivity contribution in [3.8, 4) is 0 Å². The number of nitrogens with one attached hydrogen (secondary N) is 1. The zero-order valence-electron chi connectivity index (χ0n) is 15.8. The van der Waals surface area contributed by atoms with E-state index in [-0.39, 0.29) is 17.9 Å². The lowest BCUT2D eigenvalue weighted by molar-refractivity contribution is -0.126. The van der Waals surface area contributed by atoms with E-state index in [4.69, 9.17) is 5.73 Å². The zero-order valence-corrected chi connectivity index (χ0v) is 15.8. The molecule has 2 fully saturated rings. The summed E-state index contributed by atoms with van der Waals surface area (Å²) in [6.07, 6.45) is 7.73. The van der Waals surface area contributed by atoms with Gasteiger partial charge in [0.2, 0.25) is 0 Å². The van der Waals surface area contributed by atoms with Crippen molar-refractivity contribution in [1.29, 1.82) is 0 Å². The smallest absolute Gasteiger partial charge is 0.312 e. The number of primary amides is 1. The van der Waals surface area contributed by atoms with E-state index in [1.54, 1.807) is 12.1 Å². The van der Waals surface area contributed by atoms with Crippen LogP contribution in [0.4, 0.5) is 4.79 Å². The minimum atomic E-state index is -0.570. The van der Waals surface area contributed by atoms with Gasteiger partial charge in [-0.1, -0.05) is 31.4 Å². The highest BCUT2D eigenvalue weighted by Gasteiger charge is 2.36. The average Bonchev–Trinajstić information content (AvgIpc) is 2.92. The normalized spacial score (nSPS) is 23.6. The predicted molar refractivity (Wildman–Crippen MR) is 103 cm³/mol. The van der Waals surface area contributed by atoms with Crippen molar-refractivity contribution in [2.45, 2.75) is 64.0 Å². The molecular weight excluding hydrogens is 342 g/mol. The summed E-state index contributed by atoms with van der Waals surface area (Å²) in [5.41, 5.74) is 6.61. The number of hydrogen-bond donors (Lipinski definition) is 2. The number of carbonyl (C=O) groups is 3. The molecule has 1 saturated heterocycles. The van der Waals surface area contributed by atoms with E-state index in [1.165, 1.54) is 0 Å². The lowest BCUT2D eigenvalue weighted by Crippen LogP contribution is -2.47. The largest absolute Gasteiger partial charge is 0.352 e. The fourth-order valence-corrected chi connectivity index (χ4v) is 4.34. The topological polar surface area (TPSA) is 92.5 Å². The van der Waals surface area contributed by atoms with Crippen LogP contribution in [0.15, 0.2) is 24.3 Å². The Morgan fingerprint density at radius 2 is 1.78 bits per heavy atom. The zero-order chi connectivity index (χ0) is 19.2. The molecule has 3 amide bonds. The molecule has 1 aliphatic heterocycles. The second-order valence-electron chi connectivity index (χ2n) is 7.65. The fraction of sp³-hybridized carbons (Fsp3) is 0.571. The first kappa shape index (κ1) is 19.4. The summed E-state index contributed by atoms with van der Waals surface area (Å²) in [7, 11) is 0. The molecule has 1 saturated carbocycles. The van der Waals surface area contributed by atoms with Crippen molar-refractivity contribution in [2.75, 3.05) is 6.54 Å². The molecule has 0 spiro atoms. The van der Waals surface area contributed by atoms with Crippen molar-refractivity contribution >= 4 is 17.7 Å². The van der Waals surface area contributed by atoms with E-state index in [2.05, 4.69) is 5.32 Å². The summed E-state index contributed by atoms with van der Waals surface area (Å²) in [4.78, 5) is 38.5. The van der Waals surface area contributed by atoms with Crippen LogP contribution in [0.25, 0.3) is 0 Å². The van der Waals surface area contributed by atoms with Gasteiger partial charge in [0, 0.05) is 37.0 Å². The molecule has 0 aromatic heterocycles. The van der Waals surface area contributed by atoms with Crippen LogP contribution in [-0.2, 0) is 11.3 Å². The van der Waals surface area contributed by atoms with Gasteiger partial charge in [0.15, 0.2) is 0 Å². The minimum Gasteiger partial charge on any atom is -0.352 e. The Balaban J connectivity index is 1.75. The highest BCUT2D eigenvalue weighted by Crippen LogP contribution is 2.32. The van der Waals surface area contributed by atoms with Gasteiger partial charge in [0.1, 0.15) is 5.78 Å². The third-order valence-corrected chi connectivity index (χ3v) is 5.79. The average molecular weight is 371 g/mol. The van der Waals surface area contributed by atoms with Gasteiger partial charge in [0.25, 0.3) is 5.91 Å². The maximum Gasteiger partial charge on any atom is 0.312 e. The molecule has 1 aliphatic carbocycles. The molecular formula is C21H29N3O3. The fourth-order valence-electron chi connectivity index (χ4n) is 4.34. The molecule has 3 N–H and O–H groups in total. The molecule has 1 heterocycles. The first-order valence-corrected chi connectivity index (χ1v) is 10.0. The van der Waals surface area contributed by atoms with E-state index in [0.29, 0.717) is 24.3 Å². The Morgan fingerprint density at radius 1 is 1.04 bits per heavy atom. The summed E-state index contributed by atoms with van der Waals surface area (Å²) in [5.74, 6) is 0.341. The van der Waals surface area contributed by atoms with Gasteiger partial charge >= 0.3 is 6.03 Å². The van der Waals surface area contributed by atoms with Crippen molar-refractivity contribution < 1.29 is 14.4 Å². The molecule has 2 atom stereocenters. The Morgan fingerprint density at radius 3 is 2.48 bits per heavy atom. The quantitative estimate of drug-likeness (QED) is 0.852. The standard InChI is InChI=1S/C21H29N3O3/c22-21(27)23-14-15-9-11-16(12-10-15)20(26)24-13-5-1-2-7-18(24)17-6-3-4-8-19(17)25/h9-12,17-18H,1-8,13-14H2,(H3,22,23,27)/t17-,18+/m0/s1. The maximum atomic E-state index is 13.2. The number of nitrogens with zero attached hydrogens (tertiary/aromatic N) is 1. The number of carbonyl (C=O) groups excluding carboxylic acids is 3. The van der Waals surface area contributed by atoms with Gasteiger partial charge < -0.3 is 16.0 Å². The Bertz CT molecular complexity index is 686. The molecule has 0 radical (unpaired) electrons. The summed E-state index contributed by atoms with van der Waals surface area (Å²) in [6.45, 7) is 1.06. The number of benzene rings is 1. The number of Topliss-reactive ketones (excluding diaryl/α,β-unsaturated/α-hetero) is 1. The van der Waals surface area contributed by atoms with E-state index >= 15 is 0 Å². The van der Waals surface area contributed by atoms with E-state index in [0.717, 1.165) is 57.1 Å². The van der Waals surface area contributed by atoms with Crippen LogP contribution in [0.3, 0.4) is 0 Å². The first-order valence-electron chi connectivity index (χ1n) is 10.0. The summed E-state index contributed by atoms with van der Waals surface area (Å²) in [6, 6.07) is 6.73. The van der Waals surface area contributed by atoms with E-state index in [1.807, 2.05) is 17.0 Å². The predicted octanol–water partition coefficient (Wildman–Crippen LogP) is 3.00. The molecule has 2 aliphatic rings. The highest BCUT2D eigenvalue weighted by atomic mass is 16.2. The summed E-state index contributed by atoms with van der Waals surface area (Å²) < 4.78 is 0. The van der Waals surface area contributed by atoms with Crippen molar-refractivity contribution in [3.05, 3.63) is 35.4 Å². The molecule has 27 heavy (non-hydrogen) atoms. The molecule has 146 valence electrons.